The Bertz CT molecular complexity index is 557. The number of anilines is 1. The molecule has 0 bridgehead atoms. The number of rotatable bonds is 3. The van der Waals surface area contributed by atoms with Gasteiger partial charge in [-0.15, -0.1) is 0 Å². The Kier molecular flexibility index (Phi) is 3.58. The third kappa shape index (κ3) is 2.65. The molecule has 18 heavy (non-hydrogen) atoms. The average molecular weight is 249 g/mol. The van der Waals surface area contributed by atoms with Crippen molar-refractivity contribution in [3.05, 3.63) is 65.2 Å². The molecule has 0 aliphatic heterocycles. The second kappa shape index (κ2) is 5.14. The minimum Gasteiger partial charge on any atom is -0.398 e. The molecule has 2 aromatic rings. The summed E-state index contributed by atoms with van der Waals surface area (Å²) in [4.78, 5) is 0. The van der Waals surface area contributed by atoms with Crippen LogP contribution in [0.1, 0.15) is 17.2 Å². The number of halogens is 2. The summed E-state index contributed by atoms with van der Waals surface area (Å²) in [6, 6.07) is 10.5. The van der Waals surface area contributed by atoms with Gasteiger partial charge in [0.2, 0.25) is 0 Å². The zero-order chi connectivity index (χ0) is 13.1. The van der Waals surface area contributed by atoms with Crippen LogP contribution in [0.25, 0.3) is 0 Å². The molecule has 3 N–H and O–H groups in total. The normalized spacial score (nSPS) is 12.4. The highest BCUT2D eigenvalue weighted by atomic mass is 19.2. The van der Waals surface area contributed by atoms with Crippen molar-refractivity contribution in [2.45, 2.75) is 12.5 Å². The molecule has 4 heteroatoms. The molecule has 0 aliphatic carbocycles. The molecule has 0 aliphatic rings. The van der Waals surface area contributed by atoms with Crippen LogP contribution >= 0.6 is 0 Å². The minimum atomic E-state index is -0.916. The van der Waals surface area contributed by atoms with Gasteiger partial charge in [0.05, 0.1) is 6.10 Å². The number of aliphatic hydroxyl groups excluding tert-OH is 1. The quantitative estimate of drug-likeness (QED) is 0.822. The van der Waals surface area contributed by atoms with E-state index in [0.29, 0.717) is 16.8 Å². The second-order valence-corrected chi connectivity index (χ2v) is 4.10. The van der Waals surface area contributed by atoms with Gasteiger partial charge in [0, 0.05) is 17.7 Å². The molecule has 0 saturated heterocycles. The number of nitrogen functional groups attached to an aromatic ring is 1. The van der Waals surface area contributed by atoms with E-state index in [9.17, 15) is 13.9 Å². The Labute approximate surface area is 104 Å². The van der Waals surface area contributed by atoms with Crippen LogP contribution in [0.3, 0.4) is 0 Å². The van der Waals surface area contributed by atoms with Crippen LogP contribution in [-0.2, 0) is 6.42 Å². The maximum atomic E-state index is 13.0. The zero-order valence-electron chi connectivity index (χ0n) is 9.61. The van der Waals surface area contributed by atoms with Gasteiger partial charge < -0.3 is 10.8 Å². The lowest BCUT2D eigenvalue weighted by Gasteiger charge is -2.13. The Morgan fingerprint density at radius 1 is 1.06 bits per heavy atom. The standard InChI is InChI=1S/C14H13F2NO/c15-11-6-5-9(7-12(11)16)8-14(18)10-3-1-2-4-13(10)17/h1-7,14,18H,8,17H2. The first kappa shape index (κ1) is 12.5. The number of hydrogen-bond acceptors (Lipinski definition) is 2. The summed E-state index contributed by atoms with van der Waals surface area (Å²) in [5.41, 5.74) is 7.32. The monoisotopic (exact) mass is 249 g/mol. The van der Waals surface area contributed by atoms with Crippen molar-refractivity contribution in [2.24, 2.45) is 0 Å². The van der Waals surface area contributed by atoms with Gasteiger partial charge in [-0.2, -0.15) is 0 Å². The molecule has 0 aromatic heterocycles. The summed E-state index contributed by atoms with van der Waals surface area (Å²) in [7, 11) is 0. The predicted octanol–water partition coefficient (Wildman–Crippen LogP) is 2.82. The number of hydrogen-bond donors (Lipinski definition) is 2. The molecule has 1 unspecified atom stereocenters. The van der Waals surface area contributed by atoms with Crippen molar-refractivity contribution >= 4 is 5.69 Å². The van der Waals surface area contributed by atoms with E-state index in [1.54, 1.807) is 24.3 Å². The molecule has 0 spiro atoms. The van der Waals surface area contributed by atoms with Crippen LogP contribution in [0, 0.1) is 11.6 Å². The van der Waals surface area contributed by atoms with Crippen molar-refractivity contribution in [3.63, 3.8) is 0 Å². The average Bonchev–Trinajstić information content (AvgIpc) is 2.34. The van der Waals surface area contributed by atoms with Gasteiger partial charge in [0.25, 0.3) is 0 Å². The Hall–Kier alpha value is -1.94. The molecule has 0 saturated carbocycles. The number of benzene rings is 2. The van der Waals surface area contributed by atoms with Gasteiger partial charge in [-0.1, -0.05) is 24.3 Å². The lowest BCUT2D eigenvalue weighted by Crippen LogP contribution is -2.05. The minimum absolute atomic E-state index is 0.186. The Balaban J connectivity index is 2.19. The summed E-state index contributed by atoms with van der Waals surface area (Å²) in [5.74, 6) is -1.81. The molecule has 1 atom stereocenters. The highest BCUT2D eigenvalue weighted by Crippen LogP contribution is 2.24. The van der Waals surface area contributed by atoms with Crippen molar-refractivity contribution in [3.8, 4) is 0 Å². The van der Waals surface area contributed by atoms with Gasteiger partial charge in [-0.05, 0) is 23.8 Å². The maximum Gasteiger partial charge on any atom is 0.159 e. The highest BCUT2D eigenvalue weighted by Gasteiger charge is 2.12. The Morgan fingerprint density at radius 2 is 1.78 bits per heavy atom. The molecular formula is C14H13F2NO. The molecule has 2 rings (SSSR count). The van der Waals surface area contributed by atoms with Crippen LogP contribution in [0.15, 0.2) is 42.5 Å². The van der Waals surface area contributed by atoms with E-state index in [2.05, 4.69) is 0 Å². The topological polar surface area (TPSA) is 46.2 Å². The largest absolute Gasteiger partial charge is 0.398 e. The van der Waals surface area contributed by atoms with Crippen molar-refractivity contribution in [2.75, 3.05) is 5.73 Å². The zero-order valence-corrected chi connectivity index (χ0v) is 9.61. The van der Waals surface area contributed by atoms with Crippen LogP contribution in [-0.4, -0.2) is 5.11 Å². The van der Waals surface area contributed by atoms with Gasteiger partial charge >= 0.3 is 0 Å². The molecule has 2 aromatic carbocycles. The lowest BCUT2D eigenvalue weighted by molar-refractivity contribution is 0.179. The van der Waals surface area contributed by atoms with E-state index in [1.807, 2.05) is 0 Å². The summed E-state index contributed by atoms with van der Waals surface area (Å²) >= 11 is 0. The molecule has 94 valence electrons. The fourth-order valence-electron chi connectivity index (χ4n) is 1.81. The lowest BCUT2D eigenvalue weighted by atomic mass is 10.00. The van der Waals surface area contributed by atoms with E-state index in [4.69, 9.17) is 5.73 Å². The number of nitrogens with two attached hydrogens (primary N) is 1. The van der Waals surface area contributed by atoms with E-state index < -0.39 is 17.7 Å². The summed E-state index contributed by atoms with van der Waals surface area (Å²) < 4.78 is 25.8. The van der Waals surface area contributed by atoms with Crippen molar-refractivity contribution in [1.82, 2.24) is 0 Å². The number of aliphatic hydroxyl groups is 1. The van der Waals surface area contributed by atoms with E-state index in [0.717, 1.165) is 12.1 Å². The summed E-state index contributed by atoms with van der Waals surface area (Å²) in [6.45, 7) is 0. The van der Waals surface area contributed by atoms with Crippen LogP contribution in [0.5, 0.6) is 0 Å². The predicted molar refractivity (Wildman–Crippen MR) is 65.9 cm³/mol. The highest BCUT2D eigenvalue weighted by molar-refractivity contribution is 5.47. The van der Waals surface area contributed by atoms with E-state index in [1.165, 1.54) is 6.07 Å². The van der Waals surface area contributed by atoms with Gasteiger partial charge in [0.15, 0.2) is 11.6 Å². The second-order valence-electron chi connectivity index (χ2n) is 4.10. The van der Waals surface area contributed by atoms with Gasteiger partial charge in [-0.3, -0.25) is 0 Å². The summed E-state index contributed by atoms with van der Waals surface area (Å²) in [5, 5.41) is 10.0. The third-order valence-corrected chi connectivity index (χ3v) is 2.77. The summed E-state index contributed by atoms with van der Waals surface area (Å²) in [6.07, 6.45) is -0.651. The fourth-order valence-corrected chi connectivity index (χ4v) is 1.81. The molecule has 0 radical (unpaired) electrons. The van der Waals surface area contributed by atoms with Gasteiger partial charge in [0.1, 0.15) is 0 Å². The van der Waals surface area contributed by atoms with Crippen LogP contribution in [0.4, 0.5) is 14.5 Å². The fraction of sp³-hybridized carbons (Fsp3) is 0.143. The molecule has 2 nitrogen and oxygen atoms in total. The molecule has 0 heterocycles. The van der Waals surface area contributed by atoms with Gasteiger partial charge in [-0.25, -0.2) is 8.78 Å². The smallest absolute Gasteiger partial charge is 0.159 e. The van der Waals surface area contributed by atoms with Crippen LogP contribution < -0.4 is 5.73 Å². The van der Waals surface area contributed by atoms with E-state index in [-0.39, 0.29) is 6.42 Å². The molecular weight excluding hydrogens is 236 g/mol. The first-order valence-electron chi connectivity index (χ1n) is 5.54. The molecule has 0 amide bonds. The van der Waals surface area contributed by atoms with E-state index >= 15 is 0 Å². The Morgan fingerprint density at radius 3 is 2.44 bits per heavy atom. The van der Waals surface area contributed by atoms with Crippen molar-refractivity contribution < 1.29 is 13.9 Å². The number of para-hydroxylation sites is 1. The molecule has 0 fully saturated rings. The van der Waals surface area contributed by atoms with Crippen molar-refractivity contribution in [1.29, 1.82) is 0 Å². The van der Waals surface area contributed by atoms with Crippen LogP contribution in [0.2, 0.25) is 0 Å². The third-order valence-electron chi connectivity index (χ3n) is 2.77. The SMILES string of the molecule is Nc1ccccc1C(O)Cc1ccc(F)c(F)c1. The maximum absolute atomic E-state index is 13.0. The first-order chi connectivity index (χ1) is 8.58. The first-order valence-corrected chi connectivity index (χ1v) is 5.54.